The van der Waals surface area contributed by atoms with Gasteiger partial charge in [-0.05, 0) is 6.07 Å². The minimum Gasteiger partial charge on any atom is -0.316 e. The van der Waals surface area contributed by atoms with E-state index in [1.165, 1.54) is 17.5 Å². The molecule has 0 fully saturated rings. The van der Waals surface area contributed by atoms with Crippen LogP contribution < -0.4 is 5.32 Å². The van der Waals surface area contributed by atoms with E-state index in [2.05, 4.69) is 26.5 Å². The number of anilines is 2. The van der Waals surface area contributed by atoms with Crippen molar-refractivity contribution in [3.05, 3.63) is 29.5 Å². The Morgan fingerprint density at radius 3 is 3.06 bits per heavy atom. The normalized spacial score (nSPS) is 10.4. The lowest BCUT2D eigenvalue weighted by Crippen LogP contribution is -1.94. The van der Waals surface area contributed by atoms with Crippen LogP contribution in [-0.2, 0) is 7.05 Å². The average molecular weight is 256 g/mol. The lowest BCUT2D eigenvalue weighted by atomic mass is 10.3. The Kier molecular flexibility index (Phi) is 2.42. The smallest absolute Gasteiger partial charge is 0.189 e. The van der Waals surface area contributed by atoms with Gasteiger partial charge >= 0.3 is 0 Å². The van der Waals surface area contributed by atoms with Gasteiger partial charge in [0.15, 0.2) is 5.13 Å². The van der Waals surface area contributed by atoms with Gasteiger partial charge in [-0.2, -0.15) is 10.4 Å². The predicted octanol–water partition coefficient (Wildman–Crippen LogP) is 2.04. The quantitative estimate of drug-likeness (QED) is 0.759. The van der Waals surface area contributed by atoms with Crippen LogP contribution >= 0.6 is 11.3 Å². The number of aryl methyl sites for hydroxylation is 1. The number of nitrogens with zero attached hydrogens (tertiary/aromatic N) is 5. The van der Waals surface area contributed by atoms with Crippen LogP contribution in [-0.4, -0.2) is 19.7 Å². The third kappa shape index (κ3) is 1.69. The van der Waals surface area contributed by atoms with Crippen molar-refractivity contribution in [2.45, 2.75) is 0 Å². The summed E-state index contributed by atoms with van der Waals surface area (Å²) < 4.78 is 1.78. The predicted molar refractivity (Wildman–Crippen MR) is 68.6 cm³/mol. The lowest BCUT2D eigenvalue weighted by Gasteiger charge is -2.02. The van der Waals surface area contributed by atoms with Crippen LogP contribution in [0, 0.1) is 11.3 Å². The van der Waals surface area contributed by atoms with Gasteiger partial charge in [0, 0.05) is 13.2 Å². The van der Waals surface area contributed by atoms with E-state index in [1.807, 2.05) is 13.1 Å². The van der Waals surface area contributed by atoms with Crippen LogP contribution in [0.25, 0.3) is 10.9 Å². The molecule has 88 valence electrons. The standard InChI is InChI=1S/C11H8N6S/c1-17-9-2-3-13-10(8(9)6-15-17)16-11-14-5-7(4-12)18-11/h2-3,5-6H,1H3,(H,13,14,16). The van der Waals surface area contributed by atoms with Gasteiger partial charge < -0.3 is 5.32 Å². The van der Waals surface area contributed by atoms with Crippen LogP contribution in [0.5, 0.6) is 0 Å². The molecule has 0 aliphatic heterocycles. The summed E-state index contributed by atoms with van der Waals surface area (Å²) in [5, 5.41) is 17.6. The molecule has 1 N–H and O–H groups in total. The Morgan fingerprint density at radius 1 is 1.39 bits per heavy atom. The monoisotopic (exact) mass is 256 g/mol. The molecule has 3 aromatic rings. The number of thiazole rings is 1. The topological polar surface area (TPSA) is 79.4 Å². The summed E-state index contributed by atoms with van der Waals surface area (Å²) in [6.07, 6.45) is 5.00. The Labute approximate surface area is 107 Å². The number of rotatable bonds is 2. The highest BCUT2D eigenvalue weighted by atomic mass is 32.1. The molecule has 3 rings (SSSR count). The van der Waals surface area contributed by atoms with Crippen LogP contribution in [0.3, 0.4) is 0 Å². The van der Waals surface area contributed by atoms with Crippen molar-refractivity contribution in [1.82, 2.24) is 19.7 Å². The summed E-state index contributed by atoms with van der Waals surface area (Å²) >= 11 is 1.29. The molecule has 0 radical (unpaired) electrons. The van der Waals surface area contributed by atoms with Crippen molar-refractivity contribution in [1.29, 1.82) is 5.26 Å². The van der Waals surface area contributed by atoms with E-state index >= 15 is 0 Å². The van der Waals surface area contributed by atoms with Crippen molar-refractivity contribution < 1.29 is 0 Å². The molecule has 0 spiro atoms. The number of nitriles is 1. The molecule has 3 heterocycles. The van der Waals surface area contributed by atoms with Crippen molar-refractivity contribution in [3.63, 3.8) is 0 Å². The van der Waals surface area contributed by atoms with Crippen LogP contribution in [0.4, 0.5) is 10.9 Å². The molecule has 0 aromatic carbocycles. The van der Waals surface area contributed by atoms with Crippen LogP contribution in [0.1, 0.15) is 4.88 Å². The number of hydrogen-bond donors (Lipinski definition) is 1. The average Bonchev–Trinajstić information content (AvgIpc) is 2.98. The fourth-order valence-corrected chi connectivity index (χ4v) is 2.28. The van der Waals surface area contributed by atoms with Crippen molar-refractivity contribution in [3.8, 4) is 6.07 Å². The van der Waals surface area contributed by atoms with Gasteiger partial charge in [-0.1, -0.05) is 11.3 Å². The summed E-state index contributed by atoms with van der Waals surface area (Å²) in [6.45, 7) is 0. The molecule has 0 aliphatic carbocycles. The highest BCUT2D eigenvalue weighted by Gasteiger charge is 2.08. The van der Waals surface area contributed by atoms with Gasteiger partial charge in [0.2, 0.25) is 0 Å². The van der Waals surface area contributed by atoms with Crippen molar-refractivity contribution >= 4 is 33.2 Å². The van der Waals surface area contributed by atoms with Gasteiger partial charge in [0.1, 0.15) is 16.8 Å². The van der Waals surface area contributed by atoms with Gasteiger partial charge in [-0.15, -0.1) is 0 Å². The second kappa shape index (κ2) is 4.09. The Morgan fingerprint density at radius 2 is 2.28 bits per heavy atom. The molecule has 6 nitrogen and oxygen atoms in total. The van der Waals surface area contributed by atoms with E-state index in [4.69, 9.17) is 5.26 Å². The zero-order valence-corrected chi connectivity index (χ0v) is 10.3. The summed E-state index contributed by atoms with van der Waals surface area (Å²) in [4.78, 5) is 8.95. The number of pyridine rings is 1. The third-order valence-electron chi connectivity index (χ3n) is 2.52. The highest BCUT2D eigenvalue weighted by Crippen LogP contribution is 2.25. The SMILES string of the molecule is Cn1ncc2c(Nc3ncc(C#N)s3)nccc21. The van der Waals surface area contributed by atoms with E-state index < -0.39 is 0 Å². The Bertz CT molecular complexity index is 750. The summed E-state index contributed by atoms with van der Waals surface area (Å²) in [6, 6.07) is 3.95. The highest BCUT2D eigenvalue weighted by molar-refractivity contribution is 7.16. The van der Waals surface area contributed by atoms with Crippen LogP contribution in [0.15, 0.2) is 24.7 Å². The maximum atomic E-state index is 8.76. The first-order valence-electron chi connectivity index (χ1n) is 5.17. The molecule has 7 heteroatoms. The first-order chi connectivity index (χ1) is 8.78. The fourth-order valence-electron chi connectivity index (χ4n) is 1.66. The lowest BCUT2D eigenvalue weighted by molar-refractivity contribution is 0.797. The van der Waals surface area contributed by atoms with Gasteiger partial charge in [0.05, 0.1) is 23.3 Å². The Hall–Kier alpha value is -2.46. The molecule has 0 unspecified atom stereocenters. The Balaban J connectivity index is 2.02. The van der Waals surface area contributed by atoms with E-state index in [9.17, 15) is 0 Å². The molecule has 3 aromatic heterocycles. The summed E-state index contributed by atoms with van der Waals surface area (Å²) in [5.74, 6) is 0.694. The second-order valence-corrected chi connectivity index (χ2v) is 4.66. The largest absolute Gasteiger partial charge is 0.316 e. The van der Waals surface area contributed by atoms with Gasteiger partial charge in [-0.3, -0.25) is 4.68 Å². The van der Waals surface area contributed by atoms with Gasteiger partial charge in [-0.25, -0.2) is 9.97 Å². The van der Waals surface area contributed by atoms with E-state index in [0.717, 1.165) is 10.9 Å². The molecule has 0 amide bonds. The zero-order chi connectivity index (χ0) is 12.5. The minimum atomic E-state index is 0.566. The summed E-state index contributed by atoms with van der Waals surface area (Å²) in [7, 11) is 1.88. The molecule has 0 aliphatic rings. The van der Waals surface area contributed by atoms with Crippen molar-refractivity contribution in [2.24, 2.45) is 7.05 Å². The number of nitrogens with one attached hydrogen (secondary N) is 1. The molecule has 18 heavy (non-hydrogen) atoms. The van der Waals surface area contributed by atoms with E-state index in [-0.39, 0.29) is 0 Å². The summed E-state index contributed by atoms with van der Waals surface area (Å²) in [5.41, 5.74) is 0.990. The molecule has 0 saturated heterocycles. The molecule has 0 atom stereocenters. The van der Waals surface area contributed by atoms with E-state index in [1.54, 1.807) is 17.1 Å². The molecule has 0 bridgehead atoms. The molecule has 0 saturated carbocycles. The zero-order valence-electron chi connectivity index (χ0n) is 9.45. The first kappa shape index (κ1) is 10.7. The number of aromatic nitrogens is 4. The fraction of sp³-hybridized carbons (Fsp3) is 0.0909. The molecular formula is C11H8N6S. The first-order valence-corrected chi connectivity index (χ1v) is 5.99. The van der Waals surface area contributed by atoms with Crippen LogP contribution in [0.2, 0.25) is 0 Å². The number of fused-ring (bicyclic) bond motifs is 1. The van der Waals surface area contributed by atoms with Gasteiger partial charge in [0.25, 0.3) is 0 Å². The maximum Gasteiger partial charge on any atom is 0.189 e. The second-order valence-electron chi connectivity index (χ2n) is 3.63. The minimum absolute atomic E-state index is 0.566. The van der Waals surface area contributed by atoms with E-state index in [0.29, 0.717) is 15.8 Å². The third-order valence-corrected chi connectivity index (χ3v) is 3.33. The maximum absolute atomic E-state index is 8.76. The number of hydrogen-bond acceptors (Lipinski definition) is 6. The molecular weight excluding hydrogens is 248 g/mol. The van der Waals surface area contributed by atoms with Crippen molar-refractivity contribution in [2.75, 3.05) is 5.32 Å².